The van der Waals surface area contributed by atoms with Crippen molar-refractivity contribution in [1.82, 2.24) is 24.5 Å². The Balaban J connectivity index is 1.54. The number of thiazole rings is 1. The quantitative estimate of drug-likeness (QED) is 0.578. The zero-order valence-electron chi connectivity index (χ0n) is 15.0. The molecule has 3 aromatic heterocycles. The molecule has 1 N–H and O–H groups in total. The Morgan fingerprint density at radius 3 is 2.85 bits per heavy atom. The predicted molar refractivity (Wildman–Crippen MR) is 105 cm³/mol. The number of aryl methyl sites for hydroxylation is 2. The molecule has 4 aromatic rings. The summed E-state index contributed by atoms with van der Waals surface area (Å²) < 4.78 is 3.55. The number of carbonyl (C=O) groups is 1. The van der Waals surface area contributed by atoms with Crippen molar-refractivity contribution in [2.75, 3.05) is 5.32 Å². The second kappa shape index (κ2) is 7.16. The van der Waals surface area contributed by atoms with E-state index in [1.165, 1.54) is 11.3 Å². The molecule has 4 rings (SSSR count). The van der Waals surface area contributed by atoms with Crippen LogP contribution < -0.4 is 5.32 Å². The fourth-order valence-electron chi connectivity index (χ4n) is 2.92. The van der Waals surface area contributed by atoms with Crippen LogP contribution in [0.3, 0.4) is 0 Å². The Morgan fingerprint density at radius 2 is 2.11 bits per heavy atom. The molecule has 7 nitrogen and oxygen atoms in total. The minimum Gasteiger partial charge on any atom is -0.298 e. The summed E-state index contributed by atoms with van der Waals surface area (Å²) in [6, 6.07) is 9.38. The van der Waals surface area contributed by atoms with Gasteiger partial charge in [-0.2, -0.15) is 10.2 Å². The zero-order valence-corrected chi connectivity index (χ0v) is 15.8. The average Bonchev–Trinajstić information content (AvgIpc) is 3.37. The van der Waals surface area contributed by atoms with E-state index in [0.717, 1.165) is 22.5 Å². The predicted octanol–water partition coefficient (Wildman–Crippen LogP) is 3.35. The van der Waals surface area contributed by atoms with Crippen molar-refractivity contribution in [3.8, 4) is 11.3 Å². The van der Waals surface area contributed by atoms with Gasteiger partial charge in [-0.3, -0.25) is 19.5 Å². The molecule has 1 amide bonds. The highest BCUT2D eigenvalue weighted by molar-refractivity contribution is 7.14. The van der Waals surface area contributed by atoms with Crippen molar-refractivity contribution in [1.29, 1.82) is 0 Å². The zero-order chi connectivity index (χ0) is 18.8. The lowest BCUT2D eigenvalue weighted by Crippen LogP contribution is -2.15. The van der Waals surface area contributed by atoms with Gasteiger partial charge in [0.2, 0.25) is 0 Å². The third kappa shape index (κ3) is 3.65. The summed E-state index contributed by atoms with van der Waals surface area (Å²) in [7, 11) is 1.88. The highest BCUT2D eigenvalue weighted by Gasteiger charge is 2.15. The third-order valence-electron chi connectivity index (χ3n) is 4.17. The van der Waals surface area contributed by atoms with Crippen molar-refractivity contribution in [2.45, 2.75) is 13.5 Å². The fourth-order valence-corrected chi connectivity index (χ4v) is 3.62. The summed E-state index contributed by atoms with van der Waals surface area (Å²) in [5.74, 6) is -0.179. The molecule has 0 bridgehead atoms. The van der Waals surface area contributed by atoms with Gasteiger partial charge in [-0.1, -0.05) is 18.2 Å². The summed E-state index contributed by atoms with van der Waals surface area (Å²) in [6.45, 7) is 2.48. The Hall–Kier alpha value is -3.26. The second-order valence-corrected chi connectivity index (χ2v) is 7.01. The van der Waals surface area contributed by atoms with Crippen molar-refractivity contribution in [3.63, 3.8) is 0 Å². The molecule has 0 atom stereocenters. The maximum Gasteiger partial charge on any atom is 0.257 e. The van der Waals surface area contributed by atoms with E-state index in [2.05, 4.69) is 20.5 Å². The summed E-state index contributed by atoms with van der Waals surface area (Å²) in [6.07, 6.45) is 5.52. The molecule has 27 heavy (non-hydrogen) atoms. The number of rotatable bonds is 5. The first-order valence-electron chi connectivity index (χ1n) is 8.43. The molecule has 1 aromatic carbocycles. The number of hydrogen-bond donors (Lipinski definition) is 1. The Labute approximate surface area is 160 Å². The maximum absolute atomic E-state index is 12.8. The number of benzene rings is 1. The molecule has 0 fully saturated rings. The van der Waals surface area contributed by atoms with Gasteiger partial charge in [0.25, 0.3) is 5.91 Å². The van der Waals surface area contributed by atoms with Crippen molar-refractivity contribution in [2.24, 2.45) is 7.05 Å². The molecule has 3 heterocycles. The lowest BCUT2D eigenvalue weighted by atomic mass is 10.1. The van der Waals surface area contributed by atoms with Gasteiger partial charge in [0.15, 0.2) is 5.13 Å². The van der Waals surface area contributed by atoms with E-state index in [-0.39, 0.29) is 5.91 Å². The second-order valence-electron chi connectivity index (χ2n) is 6.15. The molecule has 0 unspecified atom stereocenters. The first-order chi connectivity index (χ1) is 13.1. The van der Waals surface area contributed by atoms with E-state index < -0.39 is 0 Å². The molecule has 0 spiro atoms. The summed E-state index contributed by atoms with van der Waals surface area (Å²) in [5, 5.41) is 13.9. The first kappa shape index (κ1) is 17.2. The van der Waals surface area contributed by atoms with Crippen molar-refractivity contribution < 1.29 is 4.79 Å². The topological polar surface area (TPSA) is 77.6 Å². The van der Waals surface area contributed by atoms with Gasteiger partial charge >= 0.3 is 0 Å². The van der Waals surface area contributed by atoms with E-state index in [0.29, 0.717) is 17.2 Å². The Kier molecular flexibility index (Phi) is 4.55. The highest BCUT2D eigenvalue weighted by atomic mass is 32.1. The van der Waals surface area contributed by atoms with Gasteiger partial charge in [-0.25, -0.2) is 4.98 Å². The van der Waals surface area contributed by atoms with Crippen LogP contribution >= 0.6 is 11.3 Å². The van der Waals surface area contributed by atoms with Crippen LogP contribution in [0.1, 0.15) is 21.6 Å². The van der Waals surface area contributed by atoms with Crippen LogP contribution in [-0.4, -0.2) is 30.5 Å². The summed E-state index contributed by atoms with van der Waals surface area (Å²) in [5.41, 5.74) is 4.20. The number of aromatic nitrogens is 5. The number of nitrogens with zero attached hydrogens (tertiary/aromatic N) is 5. The minimum absolute atomic E-state index is 0.179. The van der Waals surface area contributed by atoms with Crippen LogP contribution in [0.4, 0.5) is 5.13 Å². The molecule has 8 heteroatoms. The van der Waals surface area contributed by atoms with Gasteiger partial charge in [0, 0.05) is 42.1 Å². The molecule has 136 valence electrons. The van der Waals surface area contributed by atoms with E-state index in [4.69, 9.17) is 0 Å². The van der Waals surface area contributed by atoms with Gasteiger partial charge in [0.05, 0.1) is 17.9 Å². The average molecular weight is 378 g/mol. The van der Waals surface area contributed by atoms with Crippen LogP contribution in [0.5, 0.6) is 0 Å². The molecule has 0 aliphatic heterocycles. The van der Waals surface area contributed by atoms with E-state index in [1.54, 1.807) is 15.6 Å². The SMILES string of the molecule is Cc1nn(C)cc1-c1csc(NC(=O)c2ccccc2Cn2cccn2)n1. The third-order valence-corrected chi connectivity index (χ3v) is 4.93. The largest absolute Gasteiger partial charge is 0.298 e. The van der Waals surface area contributed by atoms with Crippen molar-refractivity contribution >= 4 is 22.4 Å². The molecular weight excluding hydrogens is 360 g/mol. The number of anilines is 1. The normalized spacial score (nSPS) is 10.9. The Bertz CT molecular complexity index is 1080. The lowest BCUT2D eigenvalue weighted by Gasteiger charge is -2.09. The smallest absolute Gasteiger partial charge is 0.257 e. The van der Waals surface area contributed by atoms with Crippen LogP contribution in [0, 0.1) is 6.92 Å². The van der Waals surface area contributed by atoms with E-state index in [9.17, 15) is 4.79 Å². The fraction of sp³-hybridized carbons (Fsp3) is 0.158. The first-order valence-corrected chi connectivity index (χ1v) is 9.31. The van der Waals surface area contributed by atoms with Gasteiger partial charge in [-0.15, -0.1) is 11.3 Å². The molecule has 0 saturated heterocycles. The number of amides is 1. The maximum atomic E-state index is 12.8. The number of hydrogen-bond acceptors (Lipinski definition) is 5. The van der Waals surface area contributed by atoms with E-state index in [1.807, 2.05) is 62.1 Å². The van der Waals surface area contributed by atoms with Crippen LogP contribution in [0.2, 0.25) is 0 Å². The molecule has 0 saturated carbocycles. The van der Waals surface area contributed by atoms with E-state index >= 15 is 0 Å². The van der Waals surface area contributed by atoms with Gasteiger partial charge in [-0.05, 0) is 24.6 Å². The molecule has 0 aliphatic carbocycles. The van der Waals surface area contributed by atoms with Gasteiger partial charge in [0.1, 0.15) is 0 Å². The van der Waals surface area contributed by atoms with Crippen LogP contribution in [-0.2, 0) is 13.6 Å². The monoisotopic (exact) mass is 378 g/mol. The summed E-state index contributed by atoms with van der Waals surface area (Å²) in [4.78, 5) is 17.3. The van der Waals surface area contributed by atoms with Crippen LogP contribution in [0.25, 0.3) is 11.3 Å². The molecular formula is C19H18N6OS. The van der Waals surface area contributed by atoms with Crippen LogP contribution in [0.15, 0.2) is 54.3 Å². The molecule has 0 aliphatic rings. The lowest BCUT2D eigenvalue weighted by molar-refractivity contribution is 0.102. The number of nitrogens with one attached hydrogen (secondary N) is 1. The van der Waals surface area contributed by atoms with Gasteiger partial charge < -0.3 is 0 Å². The highest BCUT2D eigenvalue weighted by Crippen LogP contribution is 2.27. The standard InChI is InChI=1S/C19H18N6OS/c1-13-16(11-24(2)23-13)17-12-27-19(21-17)22-18(26)15-7-4-3-6-14(15)10-25-9-5-8-20-25/h3-9,11-12H,10H2,1-2H3,(H,21,22,26). The molecule has 0 radical (unpaired) electrons. The summed E-state index contributed by atoms with van der Waals surface area (Å²) >= 11 is 1.40. The Morgan fingerprint density at radius 1 is 1.26 bits per heavy atom. The van der Waals surface area contributed by atoms with Crippen molar-refractivity contribution in [3.05, 3.63) is 71.1 Å². The number of carbonyl (C=O) groups excluding carboxylic acids is 1. The minimum atomic E-state index is -0.179.